The van der Waals surface area contributed by atoms with Gasteiger partial charge in [0.05, 0.1) is 11.4 Å². The summed E-state index contributed by atoms with van der Waals surface area (Å²) in [6.07, 6.45) is 3.89. The van der Waals surface area contributed by atoms with Crippen molar-refractivity contribution in [1.82, 2.24) is 15.0 Å². The van der Waals surface area contributed by atoms with Crippen molar-refractivity contribution >= 4 is 32.3 Å². The number of rotatable bonds is 6. The molecule has 252 valence electrons. The Morgan fingerprint density at radius 1 is 0.278 bits per heavy atom. The van der Waals surface area contributed by atoms with Crippen LogP contribution in [0.5, 0.6) is 0 Å². The predicted molar refractivity (Wildman–Crippen MR) is 225 cm³/mol. The summed E-state index contributed by atoms with van der Waals surface area (Å²) in [5.41, 5.74) is 11.6. The zero-order valence-corrected chi connectivity index (χ0v) is 29.4. The topological polar surface area (TPSA) is 38.7 Å². The van der Waals surface area contributed by atoms with Gasteiger partial charge in [0.15, 0.2) is 5.82 Å². The van der Waals surface area contributed by atoms with E-state index in [1.807, 2.05) is 18.5 Å². The molecule has 8 aromatic carbocycles. The van der Waals surface area contributed by atoms with Crippen LogP contribution < -0.4 is 0 Å². The molecule has 0 bridgehead atoms. The van der Waals surface area contributed by atoms with E-state index >= 15 is 0 Å². The normalized spacial score (nSPS) is 11.3. The van der Waals surface area contributed by atoms with Gasteiger partial charge in [-0.3, -0.25) is 4.98 Å². The van der Waals surface area contributed by atoms with Gasteiger partial charge in [-0.15, -0.1) is 0 Å². The largest absolute Gasteiger partial charge is 0.263 e. The van der Waals surface area contributed by atoms with Gasteiger partial charge in [-0.25, -0.2) is 9.97 Å². The van der Waals surface area contributed by atoms with E-state index in [-0.39, 0.29) is 0 Å². The monoisotopic (exact) mass is 687 g/mol. The first-order valence-electron chi connectivity index (χ1n) is 18.2. The van der Waals surface area contributed by atoms with Gasteiger partial charge in [0, 0.05) is 40.0 Å². The highest BCUT2D eigenvalue weighted by molar-refractivity contribution is 6.13. The molecule has 0 unspecified atom stereocenters. The molecule has 2 heterocycles. The number of fused-ring (bicyclic) bond motifs is 4. The third-order valence-electron chi connectivity index (χ3n) is 10.3. The lowest BCUT2D eigenvalue weighted by molar-refractivity contribution is 1.19. The number of aromatic nitrogens is 3. The van der Waals surface area contributed by atoms with Gasteiger partial charge < -0.3 is 0 Å². The minimum Gasteiger partial charge on any atom is -0.263 e. The minimum absolute atomic E-state index is 0.688. The lowest BCUT2D eigenvalue weighted by Gasteiger charge is -2.14. The van der Waals surface area contributed by atoms with Crippen molar-refractivity contribution in [3.05, 3.63) is 200 Å². The SMILES string of the molecule is c1ccc(-c2cccc(-c3nc(-c4cccc(-c5cccc(-c6cncc7ccccc67)c5)c4)cc(-c4cc5ccccc5c5ccccc45)n3)c2)cc1. The molecule has 0 saturated carbocycles. The third-order valence-corrected chi connectivity index (χ3v) is 10.3. The zero-order valence-electron chi connectivity index (χ0n) is 29.4. The highest BCUT2D eigenvalue weighted by Crippen LogP contribution is 2.38. The van der Waals surface area contributed by atoms with Crippen molar-refractivity contribution in [3.63, 3.8) is 0 Å². The van der Waals surface area contributed by atoms with E-state index in [4.69, 9.17) is 9.97 Å². The lowest BCUT2D eigenvalue weighted by Crippen LogP contribution is -1.97. The molecule has 0 radical (unpaired) electrons. The van der Waals surface area contributed by atoms with Gasteiger partial charge >= 0.3 is 0 Å². The van der Waals surface area contributed by atoms with Crippen molar-refractivity contribution in [2.24, 2.45) is 0 Å². The van der Waals surface area contributed by atoms with E-state index in [0.29, 0.717) is 5.82 Å². The number of benzene rings is 8. The number of pyridine rings is 1. The Labute approximate surface area is 313 Å². The molecule has 0 fully saturated rings. The molecule has 0 N–H and O–H groups in total. The Bertz CT molecular complexity index is 3000. The molecule has 0 aliphatic heterocycles. The summed E-state index contributed by atoms with van der Waals surface area (Å²) in [6.45, 7) is 0. The summed E-state index contributed by atoms with van der Waals surface area (Å²) >= 11 is 0. The standard InChI is InChI=1S/C51H33N3/c1-2-13-34(14-3-1)35-17-12-22-41(29-35)51-53-49(31-50(54-51)47-30-39-15-4-6-23-43(39)45-25-8-9-26-46(45)47)40-21-11-19-37(28-40)36-18-10-20-38(27-36)48-33-52-32-42-16-5-7-24-44(42)48/h1-33H. The Morgan fingerprint density at radius 2 is 0.815 bits per heavy atom. The highest BCUT2D eigenvalue weighted by Gasteiger charge is 2.16. The molecule has 0 aliphatic carbocycles. The average Bonchev–Trinajstić information content (AvgIpc) is 3.26. The van der Waals surface area contributed by atoms with Gasteiger partial charge in [-0.1, -0.05) is 158 Å². The van der Waals surface area contributed by atoms with Crippen LogP contribution in [0.2, 0.25) is 0 Å². The molecule has 10 aromatic rings. The van der Waals surface area contributed by atoms with E-state index in [2.05, 4.69) is 187 Å². The number of hydrogen-bond acceptors (Lipinski definition) is 3. The van der Waals surface area contributed by atoms with Crippen LogP contribution in [0.1, 0.15) is 0 Å². The summed E-state index contributed by atoms with van der Waals surface area (Å²) in [6, 6.07) is 66.5. The zero-order chi connectivity index (χ0) is 35.8. The van der Waals surface area contributed by atoms with Crippen LogP contribution in [0.4, 0.5) is 0 Å². The number of nitrogens with zero attached hydrogens (tertiary/aromatic N) is 3. The highest BCUT2D eigenvalue weighted by atomic mass is 14.9. The maximum atomic E-state index is 5.32. The molecular weight excluding hydrogens is 655 g/mol. The molecule has 2 aromatic heterocycles. The lowest BCUT2D eigenvalue weighted by atomic mass is 9.94. The van der Waals surface area contributed by atoms with E-state index in [1.54, 1.807) is 0 Å². The fourth-order valence-corrected chi connectivity index (χ4v) is 7.67. The predicted octanol–water partition coefficient (Wildman–Crippen LogP) is 13.3. The average molecular weight is 688 g/mol. The van der Waals surface area contributed by atoms with E-state index in [9.17, 15) is 0 Å². The summed E-state index contributed by atoms with van der Waals surface area (Å²) in [7, 11) is 0. The van der Waals surface area contributed by atoms with Gasteiger partial charge in [-0.05, 0) is 85.1 Å². The molecule has 0 aliphatic rings. The second kappa shape index (κ2) is 13.4. The summed E-state index contributed by atoms with van der Waals surface area (Å²) in [5.74, 6) is 0.688. The quantitative estimate of drug-likeness (QED) is 0.163. The van der Waals surface area contributed by atoms with Crippen LogP contribution >= 0.6 is 0 Å². The van der Waals surface area contributed by atoms with Crippen LogP contribution in [0.3, 0.4) is 0 Å². The molecule has 0 spiro atoms. The molecule has 54 heavy (non-hydrogen) atoms. The molecule has 0 amide bonds. The molecule has 3 nitrogen and oxygen atoms in total. The van der Waals surface area contributed by atoms with Crippen LogP contribution in [-0.2, 0) is 0 Å². The van der Waals surface area contributed by atoms with Gasteiger partial charge in [0.1, 0.15) is 0 Å². The number of hydrogen-bond donors (Lipinski definition) is 0. The first-order chi connectivity index (χ1) is 26.7. The van der Waals surface area contributed by atoms with Crippen LogP contribution in [-0.4, -0.2) is 15.0 Å². The smallest absolute Gasteiger partial charge is 0.160 e. The summed E-state index contributed by atoms with van der Waals surface area (Å²) in [5, 5.41) is 7.11. The maximum absolute atomic E-state index is 5.32. The second-order valence-corrected chi connectivity index (χ2v) is 13.7. The summed E-state index contributed by atoms with van der Waals surface area (Å²) < 4.78 is 0. The van der Waals surface area contributed by atoms with E-state index in [0.717, 1.165) is 66.8 Å². The Morgan fingerprint density at radius 3 is 1.61 bits per heavy atom. The van der Waals surface area contributed by atoms with Crippen molar-refractivity contribution < 1.29 is 0 Å². The van der Waals surface area contributed by atoms with E-state index in [1.165, 1.54) is 26.9 Å². The van der Waals surface area contributed by atoms with Gasteiger partial charge in [0.2, 0.25) is 0 Å². The molecule has 0 atom stereocenters. The fourth-order valence-electron chi connectivity index (χ4n) is 7.67. The first-order valence-corrected chi connectivity index (χ1v) is 18.2. The Hall–Kier alpha value is -7.23. The second-order valence-electron chi connectivity index (χ2n) is 13.7. The Kier molecular flexibility index (Phi) is 7.81. The van der Waals surface area contributed by atoms with Crippen molar-refractivity contribution in [1.29, 1.82) is 0 Å². The van der Waals surface area contributed by atoms with E-state index < -0.39 is 0 Å². The third kappa shape index (κ3) is 5.78. The van der Waals surface area contributed by atoms with Gasteiger partial charge in [-0.2, -0.15) is 0 Å². The maximum Gasteiger partial charge on any atom is 0.160 e. The fraction of sp³-hybridized carbons (Fsp3) is 0. The van der Waals surface area contributed by atoms with Crippen molar-refractivity contribution in [3.8, 4) is 67.3 Å². The molecule has 10 rings (SSSR count). The van der Waals surface area contributed by atoms with Crippen LogP contribution in [0, 0.1) is 0 Å². The van der Waals surface area contributed by atoms with Crippen molar-refractivity contribution in [2.45, 2.75) is 0 Å². The molecular formula is C51H33N3. The summed E-state index contributed by atoms with van der Waals surface area (Å²) in [4.78, 5) is 15.2. The Balaban J connectivity index is 1.14. The van der Waals surface area contributed by atoms with Crippen molar-refractivity contribution in [2.75, 3.05) is 0 Å². The molecule has 0 saturated heterocycles. The minimum atomic E-state index is 0.688. The van der Waals surface area contributed by atoms with Gasteiger partial charge in [0.25, 0.3) is 0 Å². The van der Waals surface area contributed by atoms with Crippen LogP contribution in [0.15, 0.2) is 200 Å². The van der Waals surface area contributed by atoms with Crippen LogP contribution in [0.25, 0.3) is 99.6 Å². The molecule has 3 heteroatoms. The first kappa shape index (κ1) is 31.5.